The first-order chi connectivity index (χ1) is 15.9. The number of aromatic nitrogens is 3. The van der Waals surface area contributed by atoms with Crippen LogP contribution >= 0.6 is 22.7 Å². The van der Waals surface area contributed by atoms with Crippen molar-refractivity contribution in [1.29, 1.82) is 0 Å². The number of benzene rings is 1. The average Bonchev–Trinajstić information content (AvgIpc) is 3.31. The molecule has 1 aliphatic rings. The lowest BCUT2D eigenvalue weighted by atomic mass is 10.1. The summed E-state index contributed by atoms with van der Waals surface area (Å²) in [4.78, 5) is 39.1. The zero-order valence-electron chi connectivity index (χ0n) is 19.1. The van der Waals surface area contributed by atoms with Gasteiger partial charge in [0, 0.05) is 17.2 Å². The van der Waals surface area contributed by atoms with Crippen LogP contribution in [-0.4, -0.2) is 20.4 Å². The van der Waals surface area contributed by atoms with Crippen LogP contribution < -0.4 is 10.5 Å². The second kappa shape index (κ2) is 8.83. The van der Waals surface area contributed by atoms with Gasteiger partial charge in [0.1, 0.15) is 4.83 Å². The molecule has 0 saturated heterocycles. The standard InChI is InChI=1S/C25H26N4O2S2/c1-15-8-7-10-20(16(15)2)29(17(3)30)25-27-18(13-32-25)12-28-14-26-23-22(24(28)31)19-9-5-4-6-11-21(19)33-23/h7-8,10,13-14H,4-6,9,11-12H2,1-3H3. The molecule has 0 spiro atoms. The molecular formula is C25H26N4O2S2. The number of thiazole rings is 1. The molecule has 8 heteroatoms. The average molecular weight is 479 g/mol. The second-order valence-electron chi connectivity index (χ2n) is 8.62. The smallest absolute Gasteiger partial charge is 0.262 e. The van der Waals surface area contributed by atoms with Gasteiger partial charge in [0.25, 0.3) is 5.56 Å². The van der Waals surface area contributed by atoms with Crippen LogP contribution in [0.25, 0.3) is 10.2 Å². The van der Waals surface area contributed by atoms with Crippen molar-refractivity contribution in [1.82, 2.24) is 14.5 Å². The lowest BCUT2D eigenvalue weighted by Gasteiger charge is -2.21. The summed E-state index contributed by atoms with van der Waals surface area (Å²) in [7, 11) is 0. The van der Waals surface area contributed by atoms with Gasteiger partial charge in [-0.05, 0) is 62.3 Å². The fourth-order valence-electron chi connectivity index (χ4n) is 4.50. The number of hydrogen-bond donors (Lipinski definition) is 0. The van der Waals surface area contributed by atoms with Gasteiger partial charge in [0.05, 0.1) is 29.6 Å². The summed E-state index contributed by atoms with van der Waals surface area (Å²) in [5.41, 5.74) is 4.97. The molecule has 1 aromatic carbocycles. The van der Waals surface area contributed by atoms with Gasteiger partial charge in [-0.3, -0.25) is 19.1 Å². The summed E-state index contributed by atoms with van der Waals surface area (Å²) in [5.74, 6) is -0.0918. The highest BCUT2D eigenvalue weighted by Gasteiger charge is 2.22. The first-order valence-electron chi connectivity index (χ1n) is 11.2. The molecule has 0 aliphatic heterocycles. The maximum Gasteiger partial charge on any atom is 0.262 e. The molecule has 4 aromatic rings. The summed E-state index contributed by atoms with van der Waals surface area (Å²) < 4.78 is 1.65. The summed E-state index contributed by atoms with van der Waals surface area (Å²) >= 11 is 3.08. The first-order valence-corrected chi connectivity index (χ1v) is 12.9. The van der Waals surface area contributed by atoms with Crippen LogP contribution in [0.4, 0.5) is 10.8 Å². The Labute approximate surface area is 200 Å². The number of rotatable bonds is 4. The molecule has 3 heterocycles. The number of aryl methyl sites for hydroxylation is 3. The molecule has 0 saturated carbocycles. The number of amides is 1. The van der Waals surface area contributed by atoms with E-state index in [1.165, 1.54) is 34.6 Å². The van der Waals surface area contributed by atoms with Crippen LogP contribution in [0.2, 0.25) is 0 Å². The monoisotopic (exact) mass is 478 g/mol. The topological polar surface area (TPSA) is 68.1 Å². The van der Waals surface area contributed by atoms with Gasteiger partial charge in [-0.25, -0.2) is 9.97 Å². The van der Waals surface area contributed by atoms with Crippen LogP contribution in [-0.2, 0) is 24.2 Å². The molecule has 0 radical (unpaired) electrons. The highest BCUT2D eigenvalue weighted by Crippen LogP contribution is 2.34. The molecule has 0 fully saturated rings. The van der Waals surface area contributed by atoms with Gasteiger partial charge < -0.3 is 0 Å². The SMILES string of the molecule is CC(=O)N(c1nc(Cn2cnc3sc4c(c3c2=O)CCCCC4)cs1)c1cccc(C)c1C. The van der Waals surface area contributed by atoms with E-state index in [4.69, 9.17) is 4.98 Å². The number of nitrogens with zero attached hydrogens (tertiary/aromatic N) is 4. The van der Waals surface area contributed by atoms with Gasteiger partial charge in [-0.15, -0.1) is 22.7 Å². The minimum atomic E-state index is -0.0918. The van der Waals surface area contributed by atoms with Gasteiger partial charge in [0.15, 0.2) is 5.13 Å². The largest absolute Gasteiger partial charge is 0.293 e. The van der Waals surface area contributed by atoms with E-state index in [0.29, 0.717) is 11.7 Å². The van der Waals surface area contributed by atoms with E-state index >= 15 is 0 Å². The van der Waals surface area contributed by atoms with Crippen molar-refractivity contribution in [2.24, 2.45) is 0 Å². The second-order valence-corrected chi connectivity index (χ2v) is 10.5. The van der Waals surface area contributed by atoms with Gasteiger partial charge in [-0.1, -0.05) is 18.6 Å². The molecule has 6 nitrogen and oxygen atoms in total. The number of carbonyl (C=O) groups is 1. The molecule has 33 heavy (non-hydrogen) atoms. The van der Waals surface area contributed by atoms with E-state index in [-0.39, 0.29) is 11.5 Å². The molecule has 3 aromatic heterocycles. The van der Waals surface area contributed by atoms with Crippen LogP contribution in [0.3, 0.4) is 0 Å². The van der Waals surface area contributed by atoms with Gasteiger partial charge in [0.2, 0.25) is 5.91 Å². The van der Waals surface area contributed by atoms with Gasteiger partial charge in [-0.2, -0.15) is 0 Å². The van der Waals surface area contributed by atoms with E-state index in [2.05, 4.69) is 4.98 Å². The normalized spacial score (nSPS) is 13.7. The van der Waals surface area contributed by atoms with Crippen molar-refractivity contribution in [3.63, 3.8) is 0 Å². The zero-order chi connectivity index (χ0) is 23.1. The third-order valence-electron chi connectivity index (χ3n) is 6.39. The Morgan fingerprint density at radius 3 is 2.82 bits per heavy atom. The van der Waals surface area contributed by atoms with Crippen LogP contribution in [0.15, 0.2) is 34.7 Å². The Morgan fingerprint density at radius 1 is 1.18 bits per heavy atom. The number of carbonyl (C=O) groups excluding carboxylic acids is 1. The summed E-state index contributed by atoms with van der Waals surface area (Å²) in [6, 6.07) is 5.92. The summed E-state index contributed by atoms with van der Waals surface area (Å²) in [6.45, 7) is 5.93. The number of fused-ring (bicyclic) bond motifs is 3. The Hall–Kier alpha value is -2.84. The predicted molar refractivity (Wildman–Crippen MR) is 135 cm³/mol. The van der Waals surface area contributed by atoms with Crippen molar-refractivity contribution >= 4 is 49.6 Å². The summed E-state index contributed by atoms with van der Waals surface area (Å²) in [5, 5.41) is 3.31. The molecule has 0 bridgehead atoms. The zero-order valence-corrected chi connectivity index (χ0v) is 20.7. The maximum atomic E-state index is 13.4. The van der Waals surface area contributed by atoms with Crippen LogP contribution in [0.1, 0.15) is 53.4 Å². The minimum Gasteiger partial charge on any atom is -0.293 e. The Bertz CT molecular complexity index is 1420. The number of hydrogen-bond acceptors (Lipinski definition) is 6. The maximum absolute atomic E-state index is 13.4. The Kier molecular flexibility index (Phi) is 5.88. The quantitative estimate of drug-likeness (QED) is 0.362. The highest BCUT2D eigenvalue weighted by atomic mass is 32.1. The molecule has 170 valence electrons. The number of thiophene rings is 1. The van der Waals surface area contributed by atoms with E-state index in [1.54, 1.807) is 34.1 Å². The Balaban J connectivity index is 1.49. The fourth-order valence-corrected chi connectivity index (χ4v) is 6.59. The lowest BCUT2D eigenvalue weighted by Crippen LogP contribution is -2.24. The highest BCUT2D eigenvalue weighted by molar-refractivity contribution is 7.18. The minimum absolute atomic E-state index is 0.00639. The molecule has 0 unspecified atom stereocenters. The summed E-state index contributed by atoms with van der Waals surface area (Å²) in [6.07, 6.45) is 7.16. The fraction of sp³-hybridized carbons (Fsp3) is 0.360. The van der Waals surface area contributed by atoms with E-state index in [1.807, 2.05) is 37.4 Å². The first kappa shape index (κ1) is 22.0. The molecular weight excluding hydrogens is 452 g/mol. The van der Waals surface area contributed by atoms with Crippen molar-refractivity contribution in [3.8, 4) is 0 Å². The van der Waals surface area contributed by atoms with E-state index < -0.39 is 0 Å². The van der Waals surface area contributed by atoms with Gasteiger partial charge >= 0.3 is 0 Å². The molecule has 0 N–H and O–H groups in total. The van der Waals surface area contributed by atoms with Crippen LogP contribution in [0, 0.1) is 13.8 Å². The number of anilines is 2. The molecule has 1 amide bonds. The van der Waals surface area contributed by atoms with Crippen molar-refractivity contribution in [2.75, 3.05) is 4.90 Å². The third kappa shape index (κ3) is 4.02. The lowest BCUT2D eigenvalue weighted by molar-refractivity contribution is -0.115. The molecule has 0 atom stereocenters. The van der Waals surface area contributed by atoms with Crippen molar-refractivity contribution < 1.29 is 4.79 Å². The van der Waals surface area contributed by atoms with E-state index in [9.17, 15) is 9.59 Å². The predicted octanol–water partition coefficient (Wildman–Crippen LogP) is 5.53. The van der Waals surface area contributed by atoms with Crippen molar-refractivity contribution in [2.45, 2.75) is 59.4 Å². The third-order valence-corrected chi connectivity index (χ3v) is 8.46. The molecule has 1 aliphatic carbocycles. The molecule has 5 rings (SSSR count). The van der Waals surface area contributed by atoms with Crippen molar-refractivity contribution in [3.05, 3.63) is 67.5 Å². The van der Waals surface area contributed by atoms with E-state index in [0.717, 1.165) is 52.0 Å². The van der Waals surface area contributed by atoms with Crippen LogP contribution in [0.5, 0.6) is 0 Å². The Morgan fingerprint density at radius 2 is 2.00 bits per heavy atom.